The Morgan fingerprint density at radius 2 is 1.84 bits per heavy atom. The van der Waals surface area contributed by atoms with Crippen LogP contribution in [-0.4, -0.2) is 69.0 Å². The number of hydrogen-bond donors (Lipinski definition) is 0. The van der Waals surface area contributed by atoms with Crippen LogP contribution in [0.5, 0.6) is 0 Å². The number of halogens is 2. The van der Waals surface area contributed by atoms with Gasteiger partial charge >= 0.3 is 0 Å². The summed E-state index contributed by atoms with van der Waals surface area (Å²) in [4.78, 5) is 2.09. The van der Waals surface area contributed by atoms with Crippen LogP contribution in [0.2, 0.25) is 0 Å². The summed E-state index contributed by atoms with van der Waals surface area (Å²) in [6.45, 7) is 0.711. The average molecular weight is 374 g/mol. The molecule has 25 heavy (non-hydrogen) atoms. The third-order valence-corrected chi connectivity index (χ3v) is 6.96. The Hall–Kier alpha value is -1.09. The second-order valence-corrected chi connectivity index (χ2v) is 8.73. The lowest BCUT2D eigenvalue weighted by Gasteiger charge is -2.38. The van der Waals surface area contributed by atoms with Crippen LogP contribution < -0.4 is 0 Å². The minimum atomic E-state index is -3.51. The number of likely N-dealkylation sites (tertiary alicyclic amines) is 1. The van der Waals surface area contributed by atoms with Crippen LogP contribution in [0.15, 0.2) is 35.2 Å². The molecule has 2 aliphatic heterocycles. The fourth-order valence-corrected chi connectivity index (χ4v) is 5.34. The van der Waals surface area contributed by atoms with E-state index >= 15 is 0 Å². The molecule has 0 saturated carbocycles. The maximum atomic E-state index is 13.8. The Balaban J connectivity index is 1.66. The lowest BCUT2D eigenvalue weighted by molar-refractivity contribution is 0.00461. The maximum absolute atomic E-state index is 13.8. The zero-order valence-corrected chi connectivity index (χ0v) is 15.1. The molecule has 140 valence electrons. The molecule has 2 heterocycles. The average Bonchev–Trinajstić information content (AvgIpc) is 2.91. The van der Waals surface area contributed by atoms with Crippen molar-refractivity contribution in [1.29, 1.82) is 0 Å². The number of methoxy groups -OCH3 is 1. The van der Waals surface area contributed by atoms with Gasteiger partial charge in [-0.3, -0.25) is 4.90 Å². The number of ether oxygens (including phenoxy) is 1. The third kappa shape index (κ3) is 4.02. The molecule has 2 fully saturated rings. The van der Waals surface area contributed by atoms with Gasteiger partial charge in [0.25, 0.3) is 5.92 Å². The summed E-state index contributed by atoms with van der Waals surface area (Å²) in [6.07, 6.45) is 0.925. The molecular formula is C17H24F2N2O3S. The molecule has 0 bridgehead atoms. The molecule has 2 saturated heterocycles. The van der Waals surface area contributed by atoms with Crippen LogP contribution in [0.25, 0.3) is 0 Å². The first kappa shape index (κ1) is 18.7. The number of alkyl halides is 2. The van der Waals surface area contributed by atoms with Crippen LogP contribution in [0.4, 0.5) is 8.78 Å². The van der Waals surface area contributed by atoms with Crippen LogP contribution in [0.1, 0.15) is 19.3 Å². The van der Waals surface area contributed by atoms with Gasteiger partial charge in [0.1, 0.15) is 0 Å². The Kier molecular flexibility index (Phi) is 5.43. The maximum Gasteiger partial charge on any atom is 0.262 e. The SMILES string of the molecule is COC[C@@H]1CC(F)(F)CN1C1CCN(S(=O)(=O)c2ccccc2)CC1. The highest BCUT2D eigenvalue weighted by atomic mass is 32.2. The van der Waals surface area contributed by atoms with Crippen molar-refractivity contribution in [3.63, 3.8) is 0 Å². The number of piperidine rings is 1. The molecule has 8 heteroatoms. The van der Waals surface area contributed by atoms with Gasteiger partial charge in [0, 0.05) is 38.7 Å². The first-order chi connectivity index (χ1) is 11.8. The third-order valence-electron chi connectivity index (χ3n) is 5.05. The molecule has 1 aromatic rings. The number of sulfonamides is 1. The van der Waals surface area contributed by atoms with Gasteiger partial charge in [-0.25, -0.2) is 17.2 Å². The van der Waals surface area contributed by atoms with Crippen molar-refractivity contribution in [2.75, 3.05) is 33.4 Å². The zero-order chi connectivity index (χ0) is 18.1. The molecule has 3 rings (SSSR count). The highest BCUT2D eigenvalue weighted by Gasteiger charge is 2.48. The fourth-order valence-electron chi connectivity index (χ4n) is 3.85. The molecule has 0 amide bonds. The summed E-state index contributed by atoms with van der Waals surface area (Å²) >= 11 is 0. The van der Waals surface area contributed by atoms with Gasteiger partial charge in [-0.1, -0.05) is 18.2 Å². The van der Waals surface area contributed by atoms with Crippen molar-refractivity contribution in [3.05, 3.63) is 30.3 Å². The van der Waals surface area contributed by atoms with Gasteiger partial charge < -0.3 is 4.74 Å². The van der Waals surface area contributed by atoms with Crippen molar-refractivity contribution in [2.24, 2.45) is 0 Å². The smallest absolute Gasteiger partial charge is 0.262 e. The molecule has 0 spiro atoms. The molecule has 0 aliphatic carbocycles. The fraction of sp³-hybridized carbons (Fsp3) is 0.647. The summed E-state index contributed by atoms with van der Waals surface area (Å²) in [6, 6.07) is 7.99. The largest absolute Gasteiger partial charge is 0.383 e. The quantitative estimate of drug-likeness (QED) is 0.793. The van der Waals surface area contributed by atoms with Gasteiger partial charge in [0.05, 0.1) is 18.0 Å². The topological polar surface area (TPSA) is 49.9 Å². The Morgan fingerprint density at radius 3 is 2.44 bits per heavy atom. The van der Waals surface area contributed by atoms with E-state index < -0.39 is 15.9 Å². The molecule has 2 aliphatic rings. The minimum Gasteiger partial charge on any atom is -0.383 e. The second-order valence-electron chi connectivity index (χ2n) is 6.79. The summed E-state index contributed by atoms with van der Waals surface area (Å²) in [7, 11) is -2.00. The standard InChI is InChI=1S/C17H24F2N2O3S/c1-24-12-15-11-17(18,19)13-21(15)14-7-9-20(10-8-14)25(22,23)16-5-3-2-4-6-16/h2-6,14-15H,7-13H2,1H3/t15-/m0/s1. The van der Waals surface area contributed by atoms with Gasteiger partial charge in [0.2, 0.25) is 10.0 Å². The van der Waals surface area contributed by atoms with Crippen LogP contribution in [-0.2, 0) is 14.8 Å². The van der Waals surface area contributed by atoms with E-state index in [2.05, 4.69) is 0 Å². The summed E-state index contributed by atoms with van der Waals surface area (Å²) < 4.78 is 59.5. The van der Waals surface area contributed by atoms with Gasteiger partial charge in [-0.05, 0) is 25.0 Å². The molecule has 0 radical (unpaired) electrons. The van der Waals surface area contributed by atoms with Crippen molar-refractivity contribution in [2.45, 2.75) is 42.2 Å². The molecule has 0 N–H and O–H groups in total. The Morgan fingerprint density at radius 1 is 1.20 bits per heavy atom. The molecule has 1 aromatic carbocycles. The highest BCUT2D eigenvalue weighted by molar-refractivity contribution is 7.89. The second kappa shape index (κ2) is 7.26. The van der Waals surface area contributed by atoms with E-state index in [9.17, 15) is 17.2 Å². The van der Waals surface area contributed by atoms with Crippen molar-refractivity contribution in [1.82, 2.24) is 9.21 Å². The summed E-state index contributed by atoms with van der Waals surface area (Å²) in [5.41, 5.74) is 0. The van der Waals surface area contributed by atoms with Crippen LogP contribution in [0.3, 0.4) is 0 Å². The van der Waals surface area contributed by atoms with E-state index in [0.717, 1.165) is 0 Å². The Labute approximate surface area is 147 Å². The number of benzene rings is 1. The van der Waals surface area contributed by atoms with E-state index in [4.69, 9.17) is 4.74 Å². The number of rotatable bonds is 5. The van der Waals surface area contributed by atoms with Crippen molar-refractivity contribution in [3.8, 4) is 0 Å². The van der Waals surface area contributed by atoms with Crippen molar-refractivity contribution < 1.29 is 21.9 Å². The first-order valence-electron chi connectivity index (χ1n) is 8.51. The normalized spacial score (nSPS) is 26.1. The molecule has 1 atom stereocenters. The highest BCUT2D eigenvalue weighted by Crippen LogP contribution is 2.36. The van der Waals surface area contributed by atoms with E-state index in [-0.39, 0.29) is 36.6 Å². The lowest BCUT2D eigenvalue weighted by atomic mass is 10.0. The van der Waals surface area contributed by atoms with E-state index in [0.29, 0.717) is 25.9 Å². The van der Waals surface area contributed by atoms with Crippen LogP contribution >= 0.6 is 0 Å². The van der Waals surface area contributed by atoms with Crippen molar-refractivity contribution >= 4 is 10.0 Å². The number of hydrogen-bond acceptors (Lipinski definition) is 4. The summed E-state index contributed by atoms with van der Waals surface area (Å²) in [5, 5.41) is 0. The predicted molar refractivity (Wildman–Crippen MR) is 90.2 cm³/mol. The molecule has 0 aromatic heterocycles. The minimum absolute atomic E-state index is 0.0317. The zero-order valence-electron chi connectivity index (χ0n) is 14.3. The molecular weight excluding hydrogens is 350 g/mol. The van der Waals surface area contributed by atoms with Gasteiger partial charge in [-0.15, -0.1) is 0 Å². The molecule has 5 nitrogen and oxygen atoms in total. The van der Waals surface area contributed by atoms with E-state index in [1.807, 2.05) is 4.90 Å². The van der Waals surface area contributed by atoms with Crippen LogP contribution in [0, 0.1) is 0 Å². The monoisotopic (exact) mass is 374 g/mol. The van der Waals surface area contributed by atoms with Gasteiger partial charge in [-0.2, -0.15) is 4.31 Å². The van der Waals surface area contributed by atoms with E-state index in [1.54, 1.807) is 30.3 Å². The first-order valence-corrected chi connectivity index (χ1v) is 9.95. The number of nitrogens with zero attached hydrogens (tertiary/aromatic N) is 2. The van der Waals surface area contributed by atoms with Gasteiger partial charge in [0.15, 0.2) is 0 Å². The molecule has 0 unspecified atom stereocenters. The Bertz CT molecular complexity index is 676. The van der Waals surface area contributed by atoms with E-state index in [1.165, 1.54) is 11.4 Å². The predicted octanol–water partition coefficient (Wildman–Crippen LogP) is 2.20. The lowest BCUT2D eigenvalue weighted by Crippen LogP contribution is -2.49. The summed E-state index contributed by atoms with van der Waals surface area (Å²) in [5.74, 6) is -2.70.